The van der Waals surface area contributed by atoms with Crippen LogP contribution in [0.15, 0.2) is 24.3 Å². The minimum atomic E-state index is -0.374. The van der Waals surface area contributed by atoms with Gasteiger partial charge < -0.3 is 15.7 Å². The molecule has 0 unspecified atom stereocenters. The third-order valence-corrected chi connectivity index (χ3v) is 3.11. The lowest BCUT2D eigenvalue weighted by Gasteiger charge is -2.17. The van der Waals surface area contributed by atoms with Crippen LogP contribution in [0.2, 0.25) is 0 Å². The molecule has 0 bridgehead atoms. The third kappa shape index (κ3) is 2.65. The maximum atomic E-state index is 12.3. The summed E-state index contributed by atoms with van der Waals surface area (Å²) >= 11 is 0. The molecule has 1 aliphatic rings. The number of aliphatic hydroxyl groups is 1. The van der Waals surface area contributed by atoms with E-state index >= 15 is 0 Å². The number of benzene rings is 1. The number of aliphatic hydroxyl groups excluding tert-OH is 1. The van der Waals surface area contributed by atoms with Crippen molar-refractivity contribution in [2.45, 2.75) is 18.9 Å². The maximum absolute atomic E-state index is 12.3. The van der Waals surface area contributed by atoms with Crippen LogP contribution in [0.3, 0.4) is 0 Å². The highest BCUT2D eigenvalue weighted by Gasteiger charge is 2.26. The van der Waals surface area contributed by atoms with E-state index in [1.807, 2.05) is 24.3 Å². The molecule has 17 heavy (non-hydrogen) atoms. The van der Waals surface area contributed by atoms with E-state index in [1.54, 1.807) is 4.90 Å². The number of amides is 1. The molecule has 92 valence electrons. The zero-order chi connectivity index (χ0) is 12.3. The standard InChI is InChI=1S/C13H18N2O2/c14-7-5-10-3-1-2-4-12(10)13(17)15-8-6-11(16)9-15/h1-4,11,16H,5-9,14H2/t11-/m1/s1. The Kier molecular flexibility index (Phi) is 3.76. The Morgan fingerprint density at radius 2 is 2.24 bits per heavy atom. The van der Waals surface area contributed by atoms with Crippen molar-refractivity contribution < 1.29 is 9.90 Å². The molecule has 1 aromatic carbocycles. The van der Waals surface area contributed by atoms with Crippen LogP contribution in [0, 0.1) is 0 Å². The summed E-state index contributed by atoms with van der Waals surface area (Å²) in [5, 5.41) is 9.45. The summed E-state index contributed by atoms with van der Waals surface area (Å²) < 4.78 is 0. The van der Waals surface area contributed by atoms with E-state index in [4.69, 9.17) is 5.73 Å². The first-order valence-corrected chi connectivity index (χ1v) is 5.97. The molecule has 1 heterocycles. The van der Waals surface area contributed by atoms with Gasteiger partial charge in [0.25, 0.3) is 5.91 Å². The van der Waals surface area contributed by atoms with Crippen molar-refractivity contribution in [1.29, 1.82) is 0 Å². The molecular weight excluding hydrogens is 216 g/mol. The predicted molar refractivity (Wildman–Crippen MR) is 65.7 cm³/mol. The van der Waals surface area contributed by atoms with Crippen molar-refractivity contribution in [3.63, 3.8) is 0 Å². The van der Waals surface area contributed by atoms with Crippen LogP contribution in [-0.2, 0) is 6.42 Å². The number of hydrogen-bond acceptors (Lipinski definition) is 3. The molecule has 0 spiro atoms. The number of carbonyl (C=O) groups is 1. The quantitative estimate of drug-likeness (QED) is 0.795. The SMILES string of the molecule is NCCc1ccccc1C(=O)N1CC[C@@H](O)C1. The van der Waals surface area contributed by atoms with Crippen molar-refractivity contribution in [3.05, 3.63) is 35.4 Å². The van der Waals surface area contributed by atoms with E-state index in [-0.39, 0.29) is 12.0 Å². The summed E-state index contributed by atoms with van der Waals surface area (Å²) in [6.07, 6.45) is 1.00. The van der Waals surface area contributed by atoms with E-state index < -0.39 is 0 Å². The Balaban J connectivity index is 2.18. The van der Waals surface area contributed by atoms with Crippen molar-refractivity contribution in [3.8, 4) is 0 Å². The summed E-state index contributed by atoms with van der Waals surface area (Å²) in [5.41, 5.74) is 7.24. The molecule has 3 N–H and O–H groups in total. The van der Waals surface area contributed by atoms with Gasteiger partial charge in [0.1, 0.15) is 0 Å². The summed E-state index contributed by atoms with van der Waals surface area (Å²) in [6, 6.07) is 7.55. The van der Waals surface area contributed by atoms with E-state index in [9.17, 15) is 9.90 Å². The highest BCUT2D eigenvalue weighted by Crippen LogP contribution is 2.16. The fraction of sp³-hybridized carbons (Fsp3) is 0.462. The van der Waals surface area contributed by atoms with Crippen molar-refractivity contribution in [2.75, 3.05) is 19.6 Å². The van der Waals surface area contributed by atoms with Gasteiger partial charge in [-0.05, 0) is 31.0 Å². The van der Waals surface area contributed by atoms with Gasteiger partial charge in [0, 0.05) is 18.7 Å². The van der Waals surface area contributed by atoms with Gasteiger partial charge in [-0.15, -0.1) is 0 Å². The Morgan fingerprint density at radius 3 is 2.88 bits per heavy atom. The maximum Gasteiger partial charge on any atom is 0.254 e. The minimum Gasteiger partial charge on any atom is -0.391 e. The van der Waals surface area contributed by atoms with Gasteiger partial charge in [0.05, 0.1) is 6.10 Å². The van der Waals surface area contributed by atoms with Crippen molar-refractivity contribution in [1.82, 2.24) is 4.90 Å². The normalized spacial score (nSPS) is 19.6. The molecule has 1 fully saturated rings. The number of nitrogens with zero attached hydrogens (tertiary/aromatic N) is 1. The number of nitrogens with two attached hydrogens (primary N) is 1. The molecule has 0 aliphatic carbocycles. The fourth-order valence-corrected chi connectivity index (χ4v) is 2.20. The average Bonchev–Trinajstić information content (AvgIpc) is 2.76. The van der Waals surface area contributed by atoms with Gasteiger partial charge in [0.15, 0.2) is 0 Å². The second kappa shape index (κ2) is 5.29. The largest absolute Gasteiger partial charge is 0.391 e. The number of likely N-dealkylation sites (tertiary alicyclic amines) is 1. The van der Waals surface area contributed by atoms with Crippen molar-refractivity contribution >= 4 is 5.91 Å². The third-order valence-electron chi connectivity index (χ3n) is 3.11. The molecular formula is C13H18N2O2. The number of β-amino-alcohol motifs (C(OH)–C–C–N with tert-alkyl or cyclic N) is 1. The first-order valence-electron chi connectivity index (χ1n) is 5.97. The van der Waals surface area contributed by atoms with E-state index in [0.29, 0.717) is 38.0 Å². The van der Waals surface area contributed by atoms with Crippen LogP contribution >= 0.6 is 0 Å². The Labute approximate surface area is 101 Å². The van der Waals surface area contributed by atoms with Crippen LogP contribution < -0.4 is 5.73 Å². The number of rotatable bonds is 3. The molecule has 0 aromatic heterocycles. The van der Waals surface area contributed by atoms with E-state index in [0.717, 1.165) is 5.56 Å². The zero-order valence-electron chi connectivity index (χ0n) is 9.80. The zero-order valence-corrected chi connectivity index (χ0v) is 9.80. The lowest BCUT2D eigenvalue weighted by molar-refractivity contribution is 0.0764. The molecule has 4 heteroatoms. The van der Waals surface area contributed by atoms with Crippen LogP contribution in [0.5, 0.6) is 0 Å². The Bertz CT molecular complexity index is 406. The van der Waals surface area contributed by atoms with E-state index in [1.165, 1.54) is 0 Å². The molecule has 4 nitrogen and oxygen atoms in total. The van der Waals surface area contributed by atoms with Crippen LogP contribution in [0.4, 0.5) is 0 Å². The summed E-state index contributed by atoms with van der Waals surface area (Å²) in [4.78, 5) is 14.0. The molecule has 1 aliphatic heterocycles. The van der Waals surface area contributed by atoms with E-state index in [2.05, 4.69) is 0 Å². The average molecular weight is 234 g/mol. The minimum absolute atomic E-state index is 0.00519. The summed E-state index contributed by atoms with van der Waals surface area (Å²) in [5.74, 6) is 0.00519. The Hall–Kier alpha value is -1.39. The molecule has 1 atom stereocenters. The first-order chi connectivity index (χ1) is 8.22. The van der Waals surface area contributed by atoms with Crippen LogP contribution in [0.25, 0.3) is 0 Å². The molecule has 1 saturated heterocycles. The van der Waals surface area contributed by atoms with Gasteiger partial charge in [-0.3, -0.25) is 4.79 Å². The van der Waals surface area contributed by atoms with Gasteiger partial charge in [-0.1, -0.05) is 18.2 Å². The second-order valence-electron chi connectivity index (χ2n) is 4.39. The Morgan fingerprint density at radius 1 is 1.47 bits per heavy atom. The topological polar surface area (TPSA) is 66.6 Å². The van der Waals surface area contributed by atoms with Gasteiger partial charge in [-0.25, -0.2) is 0 Å². The summed E-state index contributed by atoms with van der Waals surface area (Å²) in [7, 11) is 0. The van der Waals surface area contributed by atoms with Crippen LogP contribution in [0.1, 0.15) is 22.3 Å². The molecule has 1 amide bonds. The monoisotopic (exact) mass is 234 g/mol. The highest BCUT2D eigenvalue weighted by molar-refractivity contribution is 5.95. The number of carbonyl (C=O) groups excluding carboxylic acids is 1. The van der Waals surface area contributed by atoms with Gasteiger partial charge in [0.2, 0.25) is 0 Å². The van der Waals surface area contributed by atoms with Crippen LogP contribution in [-0.4, -0.2) is 41.7 Å². The molecule has 1 aromatic rings. The smallest absolute Gasteiger partial charge is 0.254 e. The van der Waals surface area contributed by atoms with Crippen molar-refractivity contribution in [2.24, 2.45) is 5.73 Å². The highest BCUT2D eigenvalue weighted by atomic mass is 16.3. The molecule has 0 radical (unpaired) electrons. The lowest BCUT2D eigenvalue weighted by atomic mass is 10.0. The fourth-order valence-electron chi connectivity index (χ4n) is 2.20. The number of hydrogen-bond donors (Lipinski definition) is 2. The predicted octanol–water partition coefficient (Wildman–Crippen LogP) is 0.395. The second-order valence-corrected chi connectivity index (χ2v) is 4.39. The lowest BCUT2D eigenvalue weighted by Crippen LogP contribution is -2.30. The molecule has 0 saturated carbocycles. The van der Waals surface area contributed by atoms with Gasteiger partial charge >= 0.3 is 0 Å². The first kappa shape index (κ1) is 12.1. The van der Waals surface area contributed by atoms with Gasteiger partial charge in [-0.2, -0.15) is 0 Å². The summed E-state index contributed by atoms with van der Waals surface area (Å²) in [6.45, 7) is 1.61. The molecule has 2 rings (SSSR count).